The number of aliphatic hydroxyl groups excluding tert-OH is 1. The first kappa shape index (κ1) is 13.4. The molecule has 0 aliphatic heterocycles. The third kappa shape index (κ3) is 3.05. The first-order valence-corrected chi connectivity index (χ1v) is 7.88. The average Bonchev–Trinajstić information content (AvgIpc) is 2.41. The largest absolute Gasteiger partial charge is 0.396 e. The quantitative estimate of drug-likeness (QED) is 0.762. The van der Waals surface area contributed by atoms with Gasteiger partial charge in [0.05, 0.1) is 0 Å². The molecule has 100 valence electrons. The van der Waals surface area contributed by atoms with Gasteiger partial charge >= 0.3 is 0 Å². The Bertz CT molecular complexity index is 194. The molecule has 17 heavy (non-hydrogen) atoms. The average molecular weight is 238 g/mol. The molecule has 0 heterocycles. The van der Waals surface area contributed by atoms with E-state index in [1.165, 1.54) is 64.2 Å². The molecule has 0 bridgehead atoms. The zero-order chi connectivity index (χ0) is 12.1. The van der Waals surface area contributed by atoms with Crippen molar-refractivity contribution in [1.82, 2.24) is 0 Å². The third-order valence-corrected chi connectivity index (χ3v) is 5.73. The fraction of sp³-hybridized carbons (Fsp3) is 1.00. The summed E-state index contributed by atoms with van der Waals surface area (Å²) in [7, 11) is 0. The molecular weight excluding hydrogens is 208 g/mol. The van der Waals surface area contributed by atoms with Crippen LogP contribution < -0.4 is 0 Å². The molecule has 0 spiro atoms. The van der Waals surface area contributed by atoms with Gasteiger partial charge in [0.1, 0.15) is 0 Å². The molecule has 0 unspecified atom stereocenters. The second-order valence-corrected chi connectivity index (χ2v) is 6.65. The molecule has 2 fully saturated rings. The van der Waals surface area contributed by atoms with Crippen LogP contribution in [0.5, 0.6) is 0 Å². The second kappa shape index (κ2) is 6.22. The van der Waals surface area contributed by atoms with Gasteiger partial charge in [0.2, 0.25) is 0 Å². The molecule has 0 aromatic rings. The number of hydrogen-bond donors (Lipinski definition) is 1. The smallest absolute Gasteiger partial charge is 0.0436 e. The topological polar surface area (TPSA) is 20.2 Å². The molecule has 0 aromatic heterocycles. The van der Waals surface area contributed by atoms with Gasteiger partial charge in [-0.2, -0.15) is 0 Å². The predicted molar refractivity (Wildman–Crippen MR) is 73.0 cm³/mol. The van der Waals surface area contributed by atoms with Gasteiger partial charge in [0.25, 0.3) is 0 Å². The van der Waals surface area contributed by atoms with Crippen molar-refractivity contribution in [2.75, 3.05) is 6.61 Å². The summed E-state index contributed by atoms with van der Waals surface area (Å²) in [6, 6.07) is 0. The van der Waals surface area contributed by atoms with E-state index in [4.69, 9.17) is 0 Å². The number of hydrogen-bond acceptors (Lipinski definition) is 1. The zero-order valence-electron chi connectivity index (χ0n) is 11.6. The summed E-state index contributed by atoms with van der Waals surface area (Å²) in [4.78, 5) is 0. The Morgan fingerprint density at radius 2 is 1.24 bits per heavy atom. The van der Waals surface area contributed by atoms with Crippen LogP contribution in [0.15, 0.2) is 0 Å². The normalized spacial score (nSPS) is 25.1. The highest BCUT2D eigenvalue weighted by Gasteiger charge is 2.41. The standard InChI is InChI=1S/C16H30O/c1-16(12-13-17,14-8-4-2-5-9-14)15-10-6-3-7-11-15/h14-15,17H,2-13H2,1H3. The van der Waals surface area contributed by atoms with E-state index < -0.39 is 0 Å². The summed E-state index contributed by atoms with van der Waals surface area (Å²) >= 11 is 0. The van der Waals surface area contributed by atoms with Crippen molar-refractivity contribution in [1.29, 1.82) is 0 Å². The summed E-state index contributed by atoms with van der Waals surface area (Å²) in [5.74, 6) is 1.79. The summed E-state index contributed by atoms with van der Waals surface area (Å²) < 4.78 is 0. The first-order valence-electron chi connectivity index (χ1n) is 7.88. The van der Waals surface area contributed by atoms with Crippen LogP contribution in [0.3, 0.4) is 0 Å². The Hall–Kier alpha value is -0.0400. The third-order valence-electron chi connectivity index (χ3n) is 5.73. The molecule has 2 saturated carbocycles. The second-order valence-electron chi connectivity index (χ2n) is 6.65. The minimum Gasteiger partial charge on any atom is -0.396 e. The molecule has 0 amide bonds. The molecule has 2 aliphatic rings. The fourth-order valence-electron chi connectivity index (χ4n) is 4.51. The maximum absolute atomic E-state index is 9.46. The highest BCUT2D eigenvalue weighted by atomic mass is 16.3. The molecule has 2 aliphatic carbocycles. The van der Waals surface area contributed by atoms with Crippen molar-refractivity contribution in [3.63, 3.8) is 0 Å². The molecule has 0 atom stereocenters. The predicted octanol–water partition coefficient (Wildman–Crippen LogP) is 4.54. The van der Waals surface area contributed by atoms with Crippen LogP contribution in [-0.4, -0.2) is 11.7 Å². The Morgan fingerprint density at radius 1 is 0.824 bits per heavy atom. The maximum Gasteiger partial charge on any atom is 0.0436 e. The summed E-state index contributed by atoms with van der Waals surface area (Å²) in [6.07, 6.45) is 15.3. The van der Waals surface area contributed by atoms with E-state index in [1.54, 1.807) is 0 Å². The summed E-state index contributed by atoms with van der Waals surface area (Å²) in [6.45, 7) is 2.89. The lowest BCUT2D eigenvalue weighted by Crippen LogP contribution is -2.38. The van der Waals surface area contributed by atoms with Gasteiger partial charge in [0, 0.05) is 6.61 Å². The molecule has 2 rings (SSSR count). The molecule has 1 N–H and O–H groups in total. The minimum atomic E-state index is 0.392. The van der Waals surface area contributed by atoms with Crippen molar-refractivity contribution in [2.24, 2.45) is 17.3 Å². The van der Waals surface area contributed by atoms with E-state index in [0.717, 1.165) is 18.3 Å². The van der Waals surface area contributed by atoms with E-state index in [1.807, 2.05) is 0 Å². The van der Waals surface area contributed by atoms with Gasteiger partial charge in [-0.25, -0.2) is 0 Å². The van der Waals surface area contributed by atoms with Crippen LogP contribution in [0, 0.1) is 17.3 Å². The fourth-order valence-corrected chi connectivity index (χ4v) is 4.51. The lowest BCUT2D eigenvalue weighted by Gasteiger charge is -2.47. The van der Waals surface area contributed by atoms with Crippen LogP contribution in [0.1, 0.15) is 77.6 Å². The number of rotatable bonds is 4. The van der Waals surface area contributed by atoms with Crippen LogP contribution >= 0.6 is 0 Å². The van der Waals surface area contributed by atoms with Crippen LogP contribution in [0.25, 0.3) is 0 Å². The van der Waals surface area contributed by atoms with Crippen molar-refractivity contribution >= 4 is 0 Å². The van der Waals surface area contributed by atoms with E-state index >= 15 is 0 Å². The van der Waals surface area contributed by atoms with Gasteiger partial charge in [-0.05, 0) is 49.4 Å². The summed E-state index contributed by atoms with van der Waals surface area (Å²) in [5, 5.41) is 9.46. The molecule has 1 heteroatoms. The Labute approximate surface area is 107 Å². The van der Waals surface area contributed by atoms with Gasteiger partial charge in [-0.15, -0.1) is 0 Å². The van der Waals surface area contributed by atoms with Gasteiger partial charge < -0.3 is 5.11 Å². The van der Waals surface area contributed by atoms with Crippen LogP contribution in [0.2, 0.25) is 0 Å². The highest BCUT2D eigenvalue weighted by Crippen LogP contribution is 2.50. The summed E-state index contributed by atoms with van der Waals surface area (Å²) in [5.41, 5.74) is 0.440. The molecule has 1 nitrogen and oxygen atoms in total. The van der Waals surface area contributed by atoms with Gasteiger partial charge in [0.15, 0.2) is 0 Å². The van der Waals surface area contributed by atoms with Crippen molar-refractivity contribution in [3.05, 3.63) is 0 Å². The monoisotopic (exact) mass is 238 g/mol. The van der Waals surface area contributed by atoms with E-state index in [2.05, 4.69) is 6.92 Å². The molecule has 0 saturated heterocycles. The van der Waals surface area contributed by atoms with E-state index in [0.29, 0.717) is 12.0 Å². The molecule has 0 radical (unpaired) electrons. The SMILES string of the molecule is CC(CCO)(C1CCCCC1)C1CCCCC1. The van der Waals surface area contributed by atoms with Crippen molar-refractivity contribution in [2.45, 2.75) is 77.6 Å². The van der Waals surface area contributed by atoms with Gasteiger partial charge in [-0.1, -0.05) is 45.4 Å². The minimum absolute atomic E-state index is 0.392. The Morgan fingerprint density at radius 3 is 1.59 bits per heavy atom. The lowest BCUT2D eigenvalue weighted by molar-refractivity contribution is 0.0162. The zero-order valence-corrected chi connectivity index (χ0v) is 11.6. The number of aliphatic hydroxyl groups is 1. The van der Waals surface area contributed by atoms with Crippen molar-refractivity contribution < 1.29 is 5.11 Å². The lowest BCUT2D eigenvalue weighted by atomic mass is 9.58. The van der Waals surface area contributed by atoms with Crippen molar-refractivity contribution in [3.8, 4) is 0 Å². The van der Waals surface area contributed by atoms with E-state index in [-0.39, 0.29) is 0 Å². The Kier molecular flexibility index (Phi) is 4.90. The maximum atomic E-state index is 9.46. The van der Waals surface area contributed by atoms with Crippen LogP contribution in [0.4, 0.5) is 0 Å². The van der Waals surface area contributed by atoms with Gasteiger partial charge in [-0.3, -0.25) is 0 Å². The highest BCUT2D eigenvalue weighted by molar-refractivity contribution is 4.91. The first-order chi connectivity index (χ1) is 8.27. The molecule has 0 aromatic carbocycles. The Balaban J connectivity index is 2.05. The van der Waals surface area contributed by atoms with E-state index in [9.17, 15) is 5.11 Å². The molecular formula is C16H30O. The van der Waals surface area contributed by atoms with Crippen LogP contribution in [-0.2, 0) is 0 Å².